The van der Waals surface area contributed by atoms with Crippen LogP contribution in [0.2, 0.25) is 0 Å². The van der Waals surface area contributed by atoms with Crippen LogP contribution < -0.4 is 9.80 Å². The minimum atomic E-state index is 1.01. The van der Waals surface area contributed by atoms with Crippen molar-refractivity contribution in [1.82, 2.24) is 0 Å². The molecule has 12 aromatic rings. The summed E-state index contributed by atoms with van der Waals surface area (Å²) in [6.07, 6.45) is 0. The molecule has 0 saturated heterocycles. The van der Waals surface area contributed by atoms with Crippen LogP contribution >= 0.6 is 0 Å². The number of fused-ring (bicyclic) bond motifs is 10. The molecule has 64 heavy (non-hydrogen) atoms. The third kappa shape index (κ3) is 6.30. The molecule has 0 saturated carbocycles. The zero-order chi connectivity index (χ0) is 42.4. The van der Waals surface area contributed by atoms with Crippen LogP contribution in [0.4, 0.5) is 34.1 Å². The van der Waals surface area contributed by atoms with Gasteiger partial charge in [-0.05, 0) is 127 Å². The van der Waals surface area contributed by atoms with E-state index in [1.165, 1.54) is 53.9 Å². The predicted octanol–water partition coefficient (Wildman–Crippen LogP) is 16.9. The van der Waals surface area contributed by atoms with E-state index in [4.69, 9.17) is 0 Å². The molecule has 0 radical (unpaired) electrons. The van der Waals surface area contributed by atoms with Gasteiger partial charge in [-0.3, -0.25) is 0 Å². The van der Waals surface area contributed by atoms with E-state index in [0.717, 1.165) is 56.0 Å². The number of para-hydroxylation sites is 4. The standard InChI is InChI=1S/C62H40N2/c1-5-21-45(22-6-1)63(46-23-7-2-8-24-46)61-41-59-51-31-15-13-29-49(51)43(39-57(59)53-33-17-19-35-55(53)61)37-38-44-40-58-54-34-18-20-36-56(54)62(42-60(58)52-32-16-14-30-50(44)52)64(47-25-9-3-10-26-47)48-27-11-4-12-28-48/h1-36,39-42H. The van der Waals surface area contributed by atoms with Crippen molar-refractivity contribution < 1.29 is 0 Å². The van der Waals surface area contributed by atoms with Gasteiger partial charge in [-0.2, -0.15) is 0 Å². The van der Waals surface area contributed by atoms with Crippen molar-refractivity contribution in [3.63, 3.8) is 0 Å². The number of rotatable bonds is 6. The predicted molar refractivity (Wildman–Crippen MR) is 273 cm³/mol. The Morgan fingerprint density at radius 1 is 0.203 bits per heavy atom. The minimum absolute atomic E-state index is 1.01. The molecule has 12 aromatic carbocycles. The Balaban J connectivity index is 1.07. The molecule has 0 heterocycles. The van der Waals surface area contributed by atoms with Crippen molar-refractivity contribution in [2.45, 2.75) is 0 Å². The first-order chi connectivity index (χ1) is 31.8. The Morgan fingerprint density at radius 2 is 0.438 bits per heavy atom. The van der Waals surface area contributed by atoms with Crippen LogP contribution in [-0.4, -0.2) is 0 Å². The van der Waals surface area contributed by atoms with Crippen LogP contribution in [0.3, 0.4) is 0 Å². The van der Waals surface area contributed by atoms with E-state index in [9.17, 15) is 0 Å². The van der Waals surface area contributed by atoms with Crippen LogP contribution in [0.5, 0.6) is 0 Å². The number of hydrogen-bond donors (Lipinski definition) is 0. The molecule has 0 aliphatic carbocycles. The van der Waals surface area contributed by atoms with Gasteiger partial charge in [-0.15, -0.1) is 0 Å². The van der Waals surface area contributed by atoms with Gasteiger partial charge in [0.15, 0.2) is 0 Å². The van der Waals surface area contributed by atoms with Gasteiger partial charge in [-0.25, -0.2) is 0 Å². The fraction of sp³-hybridized carbons (Fsp3) is 0. The van der Waals surface area contributed by atoms with Crippen LogP contribution in [0.1, 0.15) is 11.1 Å². The molecule has 0 atom stereocenters. The van der Waals surface area contributed by atoms with E-state index >= 15 is 0 Å². The minimum Gasteiger partial charge on any atom is -0.310 e. The second-order valence-electron chi connectivity index (χ2n) is 16.3. The van der Waals surface area contributed by atoms with Gasteiger partial charge in [0.05, 0.1) is 11.4 Å². The summed E-state index contributed by atoms with van der Waals surface area (Å²) < 4.78 is 0. The van der Waals surface area contributed by atoms with Crippen LogP contribution in [0, 0.1) is 11.8 Å². The third-order valence-electron chi connectivity index (χ3n) is 12.6. The second kappa shape index (κ2) is 15.7. The first-order valence-corrected chi connectivity index (χ1v) is 21.9. The van der Waals surface area contributed by atoms with Crippen molar-refractivity contribution >= 4 is 98.8 Å². The van der Waals surface area contributed by atoms with Crippen LogP contribution in [-0.2, 0) is 0 Å². The summed E-state index contributed by atoms with van der Waals surface area (Å²) in [6.45, 7) is 0. The van der Waals surface area contributed by atoms with Crippen molar-refractivity contribution in [3.05, 3.63) is 254 Å². The van der Waals surface area contributed by atoms with Crippen LogP contribution in [0.15, 0.2) is 243 Å². The summed E-state index contributed by atoms with van der Waals surface area (Å²) in [5, 5.41) is 14.2. The highest BCUT2D eigenvalue weighted by atomic mass is 15.1. The molecular formula is C62H40N2. The molecule has 0 amide bonds. The highest BCUT2D eigenvalue weighted by molar-refractivity contribution is 6.24. The molecule has 298 valence electrons. The monoisotopic (exact) mass is 812 g/mol. The summed E-state index contributed by atoms with van der Waals surface area (Å²) in [7, 11) is 0. The number of benzene rings is 12. The summed E-state index contributed by atoms with van der Waals surface area (Å²) >= 11 is 0. The van der Waals surface area contributed by atoms with E-state index in [1.807, 2.05) is 0 Å². The third-order valence-corrected chi connectivity index (χ3v) is 12.6. The molecular weight excluding hydrogens is 773 g/mol. The lowest BCUT2D eigenvalue weighted by Crippen LogP contribution is -2.10. The average Bonchev–Trinajstić information content (AvgIpc) is 3.37. The maximum absolute atomic E-state index is 3.76. The average molecular weight is 813 g/mol. The van der Waals surface area contributed by atoms with E-state index in [2.05, 4.69) is 264 Å². The van der Waals surface area contributed by atoms with Crippen LogP contribution in [0.25, 0.3) is 64.6 Å². The fourth-order valence-corrected chi connectivity index (χ4v) is 9.74. The lowest BCUT2D eigenvalue weighted by atomic mass is 9.91. The first kappa shape index (κ1) is 37.1. The molecule has 0 aliphatic heterocycles. The molecule has 0 aliphatic rings. The summed E-state index contributed by atoms with van der Waals surface area (Å²) in [5.74, 6) is 7.52. The lowest BCUT2D eigenvalue weighted by molar-refractivity contribution is 1.30. The van der Waals surface area contributed by atoms with Crippen molar-refractivity contribution in [2.24, 2.45) is 0 Å². The summed E-state index contributed by atoms with van der Waals surface area (Å²) in [6, 6.07) is 87.2. The molecule has 0 fully saturated rings. The molecule has 2 nitrogen and oxygen atoms in total. The second-order valence-corrected chi connectivity index (χ2v) is 16.3. The zero-order valence-electron chi connectivity index (χ0n) is 35.0. The van der Waals surface area contributed by atoms with E-state index in [-0.39, 0.29) is 0 Å². The topological polar surface area (TPSA) is 6.48 Å². The molecule has 0 unspecified atom stereocenters. The normalized spacial score (nSPS) is 11.3. The Labute approximate surface area is 372 Å². The maximum atomic E-state index is 3.76. The highest BCUT2D eigenvalue weighted by Crippen LogP contribution is 2.46. The molecule has 0 N–H and O–H groups in total. The Hall–Kier alpha value is -8.64. The number of hydrogen-bond acceptors (Lipinski definition) is 2. The molecule has 12 rings (SSSR count). The summed E-state index contributed by atoms with van der Waals surface area (Å²) in [4.78, 5) is 4.76. The highest BCUT2D eigenvalue weighted by Gasteiger charge is 2.21. The Bertz CT molecular complexity index is 3450. The Kier molecular flexibility index (Phi) is 9.10. The largest absolute Gasteiger partial charge is 0.310 e. The van der Waals surface area contributed by atoms with Gasteiger partial charge in [0.25, 0.3) is 0 Å². The summed E-state index contributed by atoms with van der Waals surface area (Å²) in [5.41, 5.74) is 8.74. The molecule has 2 heteroatoms. The molecule has 0 aromatic heterocycles. The zero-order valence-corrected chi connectivity index (χ0v) is 35.0. The SMILES string of the molecule is C(#Cc1cc2c3ccccc3c(N(c3ccccc3)c3ccccc3)cc2c2ccccc12)c1cc2c3ccccc3c(N(c3ccccc3)c3ccccc3)cc2c2ccccc12. The van der Waals surface area contributed by atoms with Gasteiger partial charge in [-0.1, -0.05) is 182 Å². The van der Waals surface area contributed by atoms with Gasteiger partial charge in [0, 0.05) is 44.6 Å². The number of anilines is 6. The Morgan fingerprint density at radius 3 is 0.750 bits per heavy atom. The quantitative estimate of drug-likeness (QED) is 0.122. The smallest absolute Gasteiger partial charge is 0.0546 e. The van der Waals surface area contributed by atoms with E-state index in [0.29, 0.717) is 0 Å². The molecule has 0 bridgehead atoms. The molecule has 0 spiro atoms. The van der Waals surface area contributed by atoms with Crippen molar-refractivity contribution in [1.29, 1.82) is 0 Å². The van der Waals surface area contributed by atoms with Crippen molar-refractivity contribution in [3.8, 4) is 11.8 Å². The van der Waals surface area contributed by atoms with E-state index in [1.54, 1.807) is 0 Å². The lowest BCUT2D eigenvalue weighted by Gasteiger charge is -2.27. The maximum Gasteiger partial charge on any atom is 0.0546 e. The number of nitrogens with zero attached hydrogens (tertiary/aromatic N) is 2. The van der Waals surface area contributed by atoms with Crippen molar-refractivity contribution in [2.75, 3.05) is 9.80 Å². The first-order valence-electron chi connectivity index (χ1n) is 21.9. The van der Waals surface area contributed by atoms with Gasteiger partial charge >= 0.3 is 0 Å². The van der Waals surface area contributed by atoms with E-state index < -0.39 is 0 Å². The fourth-order valence-electron chi connectivity index (χ4n) is 9.74. The van der Waals surface area contributed by atoms with Gasteiger partial charge in [0.2, 0.25) is 0 Å². The van der Waals surface area contributed by atoms with Gasteiger partial charge < -0.3 is 9.80 Å². The van der Waals surface area contributed by atoms with Gasteiger partial charge in [0.1, 0.15) is 0 Å².